The lowest BCUT2D eigenvalue weighted by Crippen LogP contribution is -2.34. The van der Waals surface area contributed by atoms with Crippen LogP contribution >= 0.6 is 0 Å². The van der Waals surface area contributed by atoms with Gasteiger partial charge in [0.05, 0.1) is 6.61 Å². The van der Waals surface area contributed by atoms with Crippen molar-refractivity contribution in [1.29, 1.82) is 0 Å². The summed E-state index contributed by atoms with van der Waals surface area (Å²) < 4.78 is 0. The SMILES string of the molecule is CCN(CCO)C(=O)CC(C)CC(C)(C)C. The zero-order valence-corrected chi connectivity index (χ0v) is 11.4. The predicted octanol–water partition coefficient (Wildman–Crippen LogP) is 2.29. The summed E-state index contributed by atoms with van der Waals surface area (Å²) in [5.74, 6) is 0.563. The Bertz CT molecular complexity index is 208. The maximum Gasteiger partial charge on any atom is 0.222 e. The molecular weight excluding hydrogens is 202 g/mol. The van der Waals surface area contributed by atoms with Crippen molar-refractivity contribution in [3.8, 4) is 0 Å². The van der Waals surface area contributed by atoms with Crippen molar-refractivity contribution >= 4 is 5.91 Å². The number of nitrogens with zero attached hydrogens (tertiary/aromatic N) is 1. The van der Waals surface area contributed by atoms with Crippen LogP contribution in [0.2, 0.25) is 0 Å². The van der Waals surface area contributed by atoms with Crippen LogP contribution in [0.15, 0.2) is 0 Å². The molecule has 0 saturated heterocycles. The second-order valence-electron chi connectivity index (χ2n) is 5.77. The lowest BCUT2D eigenvalue weighted by atomic mass is 9.84. The summed E-state index contributed by atoms with van der Waals surface area (Å²) in [5.41, 5.74) is 0.272. The first-order valence-corrected chi connectivity index (χ1v) is 6.18. The van der Waals surface area contributed by atoms with Gasteiger partial charge < -0.3 is 10.0 Å². The van der Waals surface area contributed by atoms with Crippen LogP contribution in [0, 0.1) is 11.3 Å². The highest BCUT2D eigenvalue weighted by Gasteiger charge is 2.19. The summed E-state index contributed by atoms with van der Waals surface area (Å²) in [4.78, 5) is 13.6. The maximum absolute atomic E-state index is 11.9. The van der Waals surface area contributed by atoms with E-state index in [4.69, 9.17) is 5.11 Å². The Morgan fingerprint density at radius 2 is 1.94 bits per heavy atom. The Balaban J connectivity index is 4.11. The first-order valence-electron chi connectivity index (χ1n) is 6.18. The molecule has 16 heavy (non-hydrogen) atoms. The van der Waals surface area contributed by atoms with Gasteiger partial charge in [0.25, 0.3) is 0 Å². The van der Waals surface area contributed by atoms with E-state index in [-0.39, 0.29) is 17.9 Å². The molecule has 0 bridgehead atoms. The van der Waals surface area contributed by atoms with Crippen molar-refractivity contribution in [2.75, 3.05) is 19.7 Å². The Morgan fingerprint density at radius 1 is 1.38 bits per heavy atom. The van der Waals surface area contributed by atoms with Crippen LogP contribution in [0.3, 0.4) is 0 Å². The highest BCUT2D eigenvalue weighted by Crippen LogP contribution is 2.26. The van der Waals surface area contributed by atoms with Gasteiger partial charge in [-0.2, -0.15) is 0 Å². The van der Waals surface area contributed by atoms with Crippen LogP contribution in [-0.2, 0) is 4.79 Å². The minimum atomic E-state index is 0.0488. The third-order valence-corrected chi connectivity index (χ3v) is 2.59. The van der Waals surface area contributed by atoms with Gasteiger partial charge in [-0.25, -0.2) is 0 Å². The molecule has 0 aliphatic rings. The average Bonchev–Trinajstić information content (AvgIpc) is 2.10. The van der Waals surface area contributed by atoms with Gasteiger partial charge in [0.1, 0.15) is 0 Å². The number of aliphatic hydroxyl groups excluding tert-OH is 1. The Labute approximate surface area is 99.8 Å². The Kier molecular flexibility index (Phi) is 6.65. The van der Waals surface area contributed by atoms with E-state index < -0.39 is 0 Å². The second-order valence-corrected chi connectivity index (χ2v) is 5.77. The van der Waals surface area contributed by atoms with Gasteiger partial charge in [0.2, 0.25) is 5.91 Å². The van der Waals surface area contributed by atoms with Gasteiger partial charge in [0.15, 0.2) is 0 Å². The molecule has 3 heteroatoms. The molecule has 0 radical (unpaired) electrons. The summed E-state index contributed by atoms with van der Waals surface area (Å²) in [6.07, 6.45) is 1.64. The molecule has 0 aromatic rings. The third-order valence-electron chi connectivity index (χ3n) is 2.59. The molecule has 1 unspecified atom stereocenters. The van der Waals surface area contributed by atoms with Crippen LogP contribution in [0.25, 0.3) is 0 Å². The molecule has 0 spiro atoms. The van der Waals surface area contributed by atoms with Crippen molar-refractivity contribution in [1.82, 2.24) is 4.90 Å². The summed E-state index contributed by atoms with van der Waals surface area (Å²) in [6, 6.07) is 0. The molecule has 0 aromatic heterocycles. The summed E-state index contributed by atoms with van der Waals surface area (Å²) in [7, 11) is 0. The Hall–Kier alpha value is -0.570. The molecule has 96 valence electrons. The number of likely N-dealkylation sites (N-methyl/N-ethyl adjacent to an activating group) is 1. The molecule has 0 fully saturated rings. The first-order chi connectivity index (χ1) is 7.30. The number of rotatable bonds is 6. The van der Waals surface area contributed by atoms with Crippen molar-refractivity contribution < 1.29 is 9.90 Å². The smallest absolute Gasteiger partial charge is 0.222 e. The lowest BCUT2D eigenvalue weighted by Gasteiger charge is -2.25. The van der Waals surface area contributed by atoms with E-state index in [1.54, 1.807) is 4.90 Å². The largest absolute Gasteiger partial charge is 0.395 e. The van der Waals surface area contributed by atoms with Crippen LogP contribution in [-0.4, -0.2) is 35.6 Å². The number of carbonyl (C=O) groups excluding carboxylic acids is 1. The van der Waals surface area contributed by atoms with E-state index in [0.717, 1.165) is 6.42 Å². The monoisotopic (exact) mass is 229 g/mol. The topological polar surface area (TPSA) is 40.5 Å². The van der Waals surface area contributed by atoms with Crippen LogP contribution in [0.5, 0.6) is 0 Å². The molecule has 3 nitrogen and oxygen atoms in total. The third kappa shape index (κ3) is 6.83. The summed E-state index contributed by atoms with van der Waals surface area (Å²) in [6.45, 7) is 11.8. The van der Waals surface area contributed by atoms with Gasteiger partial charge in [-0.3, -0.25) is 4.79 Å². The van der Waals surface area contributed by atoms with Crippen LogP contribution in [0.4, 0.5) is 0 Å². The maximum atomic E-state index is 11.9. The van der Waals surface area contributed by atoms with E-state index in [1.807, 2.05) is 6.92 Å². The number of aliphatic hydroxyl groups is 1. The predicted molar refractivity (Wildman–Crippen MR) is 67.2 cm³/mol. The van der Waals surface area contributed by atoms with Gasteiger partial charge in [-0.15, -0.1) is 0 Å². The normalized spacial score (nSPS) is 13.6. The van der Waals surface area contributed by atoms with Crippen molar-refractivity contribution in [2.24, 2.45) is 11.3 Å². The first kappa shape index (κ1) is 15.4. The lowest BCUT2D eigenvalue weighted by molar-refractivity contribution is -0.132. The molecular formula is C13H27NO2. The molecule has 0 aromatic carbocycles. The van der Waals surface area contributed by atoms with Crippen molar-refractivity contribution in [2.45, 2.75) is 47.5 Å². The molecule has 1 amide bonds. The zero-order valence-electron chi connectivity index (χ0n) is 11.4. The molecule has 0 aliphatic heterocycles. The minimum absolute atomic E-state index is 0.0488. The van der Waals surface area contributed by atoms with Gasteiger partial charge in [-0.05, 0) is 24.7 Å². The Morgan fingerprint density at radius 3 is 2.31 bits per heavy atom. The zero-order chi connectivity index (χ0) is 12.8. The van der Waals surface area contributed by atoms with E-state index in [1.165, 1.54) is 0 Å². The van der Waals surface area contributed by atoms with Gasteiger partial charge in [-0.1, -0.05) is 27.7 Å². The molecule has 1 atom stereocenters. The quantitative estimate of drug-likeness (QED) is 0.759. The summed E-state index contributed by atoms with van der Waals surface area (Å²) >= 11 is 0. The van der Waals surface area contributed by atoms with Crippen LogP contribution < -0.4 is 0 Å². The summed E-state index contributed by atoms with van der Waals surface area (Å²) in [5, 5.41) is 8.84. The van der Waals surface area contributed by atoms with Crippen molar-refractivity contribution in [3.63, 3.8) is 0 Å². The second kappa shape index (κ2) is 6.89. The molecule has 0 rings (SSSR count). The fourth-order valence-corrected chi connectivity index (χ4v) is 2.12. The highest BCUT2D eigenvalue weighted by molar-refractivity contribution is 5.76. The van der Waals surface area contributed by atoms with E-state index in [9.17, 15) is 4.79 Å². The molecule has 1 N–H and O–H groups in total. The standard InChI is InChI=1S/C13H27NO2/c1-6-14(7-8-15)12(16)9-11(2)10-13(3,4)5/h11,15H,6-10H2,1-5H3. The van der Waals surface area contributed by atoms with Crippen LogP contribution in [0.1, 0.15) is 47.5 Å². The van der Waals surface area contributed by atoms with E-state index in [0.29, 0.717) is 25.4 Å². The van der Waals surface area contributed by atoms with Gasteiger partial charge in [0, 0.05) is 19.5 Å². The minimum Gasteiger partial charge on any atom is -0.395 e. The average molecular weight is 229 g/mol. The fraction of sp³-hybridized carbons (Fsp3) is 0.923. The molecule has 0 saturated carbocycles. The van der Waals surface area contributed by atoms with E-state index in [2.05, 4.69) is 27.7 Å². The van der Waals surface area contributed by atoms with Crippen molar-refractivity contribution in [3.05, 3.63) is 0 Å². The number of amides is 1. The molecule has 0 aliphatic carbocycles. The fourth-order valence-electron chi connectivity index (χ4n) is 2.12. The van der Waals surface area contributed by atoms with Gasteiger partial charge >= 0.3 is 0 Å². The number of hydrogen-bond donors (Lipinski definition) is 1. The number of carbonyl (C=O) groups is 1. The van der Waals surface area contributed by atoms with E-state index >= 15 is 0 Å². The molecule has 0 heterocycles. The highest BCUT2D eigenvalue weighted by atomic mass is 16.3. The number of hydrogen-bond acceptors (Lipinski definition) is 2.